The summed E-state index contributed by atoms with van der Waals surface area (Å²) >= 11 is 0. The molecule has 1 atom stereocenters. The molecule has 1 N–H and O–H groups in total. The molecule has 0 spiro atoms. The third-order valence-corrected chi connectivity index (χ3v) is 4.03. The van der Waals surface area contributed by atoms with Gasteiger partial charge in [0.05, 0.1) is 7.11 Å². The van der Waals surface area contributed by atoms with Crippen molar-refractivity contribution >= 4 is 6.09 Å². The van der Waals surface area contributed by atoms with Crippen LogP contribution >= 0.6 is 0 Å². The second-order valence-corrected chi connectivity index (χ2v) is 5.53. The van der Waals surface area contributed by atoms with E-state index in [1.54, 1.807) is 11.1 Å². The molecule has 0 radical (unpaired) electrons. The van der Waals surface area contributed by atoms with Crippen LogP contribution in [0.25, 0.3) is 0 Å². The van der Waals surface area contributed by atoms with E-state index in [1.165, 1.54) is 12.7 Å². The van der Waals surface area contributed by atoms with Crippen LogP contribution in [0.1, 0.15) is 44.2 Å². The molecule has 1 aromatic rings. The number of rotatable bonds is 5. The molecule has 0 unspecified atom stereocenters. The van der Waals surface area contributed by atoms with Crippen molar-refractivity contribution in [2.45, 2.75) is 44.7 Å². The summed E-state index contributed by atoms with van der Waals surface area (Å²) in [4.78, 5) is 17.5. The van der Waals surface area contributed by atoms with Crippen LogP contribution in [0.2, 0.25) is 0 Å². The SMILES string of the molecule is CCC[C@H](NC1CCN(C(=O)OC)CC1)c1cccnc1. The molecule has 1 saturated heterocycles. The first-order valence-electron chi connectivity index (χ1n) is 7.73. The number of pyridine rings is 1. The van der Waals surface area contributed by atoms with Gasteiger partial charge in [0.2, 0.25) is 0 Å². The van der Waals surface area contributed by atoms with Crippen LogP contribution in [0.15, 0.2) is 24.5 Å². The Morgan fingerprint density at radius 2 is 2.29 bits per heavy atom. The number of aromatic nitrogens is 1. The average Bonchev–Trinajstić information content (AvgIpc) is 2.55. The van der Waals surface area contributed by atoms with E-state index in [0.717, 1.165) is 38.8 Å². The minimum atomic E-state index is -0.217. The fourth-order valence-electron chi connectivity index (χ4n) is 2.86. The first-order chi connectivity index (χ1) is 10.2. The molecular weight excluding hydrogens is 266 g/mol. The van der Waals surface area contributed by atoms with Crippen LogP contribution in [0, 0.1) is 0 Å². The summed E-state index contributed by atoms with van der Waals surface area (Å²) in [5.74, 6) is 0. The van der Waals surface area contributed by atoms with Gasteiger partial charge in [-0.3, -0.25) is 4.98 Å². The Bertz CT molecular complexity index is 430. The maximum atomic E-state index is 11.5. The number of hydrogen-bond donors (Lipinski definition) is 1. The molecular formula is C16H25N3O2. The quantitative estimate of drug-likeness (QED) is 0.906. The average molecular weight is 291 g/mol. The molecule has 0 saturated carbocycles. The second kappa shape index (κ2) is 7.98. The van der Waals surface area contributed by atoms with Gasteiger partial charge in [-0.05, 0) is 30.9 Å². The molecule has 1 aliphatic rings. The van der Waals surface area contributed by atoms with Crippen molar-refractivity contribution in [2.75, 3.05) is 20.2 Å². The van der Waals surface area contributed by atoms with E-state index in [-0.39, 0.29) is 6.09 Å². The molecule has 2 rings (SSSR count). The van der Waals surface area contributed by atoms with Crippen LogP contribution in [-0.2, 0) is 4.74 Å². The predicted octanol–water partition coefficient (Wildman–Crippen LogP) is 2.74. The lowest BCUT2D eigenvalue weighted by Crippen LogP contribution is -2.45. The maximum absolute atomic E-state index is 11.5. The zero-order valence-corrected chi connectivity index (χ0v) is 12.9. The van der Waals surface area contributed by atoms with Gasteiger partial charge in [-0.1, -0.05) is 19.4 Å². The Hall–Kier alpha value is -1.62. The third kappa shape index (κ3) is 4.43. The number of hydrogen-bond acceptors (Lipinski definition) is 4. The van der Waals surface area contributed by atoms with E-state index in [9.17, 15) is 4.79 Å². The standard InChI is InChI=1S/C16H25N3O2/c1-3-5-15(13-6-4-9-17-12-13)18-14-7-10-19(11-8-14)16(20)21-2/h4,6,9,12,14-15,18H,3,5,7-8,10-11H2,1-2H3/t15-/m0/s1. The van der Waals surface area contributed by atoms with Crippen molar-refractivity contribution in [2.24, 2.45) is 0 Å². The van der Waals surface area contributed by atoms with Crippen LogP contribution in [0.5, 0.6) is 0 Å². The number of nitrogens with one attached hydrogen (secondary N) is 1. The van der Waals surface area contributed by atoms with E-state index in [1.807, 2.05) is 12.3 Å². The van der Waals surface area contributed by atoms with Crippen LogP contribution in [-0.4, -0.2) is 42.2 Å². The highest BCUT2D eigenvalue weighted by molar-refractivity contribution is 5.67. The normalized spacial score (nSPS) is 17.5. The Kier molecular flexibility index (Phi) is 5.99. The summed E-state index contributed by atoms with van der Waals surface area (Å²) in [6.45, 7) is 3.72. The fraction of sp³-hybridized carbons (Fsp3) is 0.625. The first kappa shape index (κ1) is 15.8. The number of amides is 1. The molecule has 1 amide bonds. The Morgan fingerprint density at radius 1 is 1.52 bits per heavy atom. The molecule has 21 heavy (non-hydrogen) atoms. The number of ether oxygens (including phenoxy) is 1. The van der Waals surface area contributed by atoms with Crippen molar-refractivity contribution in [1.29, 1.82) is 0 Å². The van der Waals surface area contributed by atoms with Gasteiger partial charge >= 0.3 is 6.09 Å². The van der Waals surface area contributed by atoms with E-state index in [2.05, 4.69) is 23.3 Å². The maximum Gasteiger partial charge on any atom is 0.409 e. The fourth-order valence-corrected chi connectivity index (χ4v) is 2.86. The molecule has 1 fully saturated rings. The highest BCUT2D eigenvalue weighted by Crippen LogP contribution is 2.21. The number of carbonyl (C=O) groups excluding carboxylic acids is 1. The number of nitrogens with zero attached hydrogens (tertiary/aromatic N) is 2. The number of methoxy groups -OCH3 is 1. The highest BCUT2D eigenvalue weighted by atomic mass is 16.5. The van der Waals surface area contributed by atoms with Crippen molar-refractivity contribution in [3.8, 4) is 0 Å². The smallest absolute Gasteiger partial charge is 0.409 e. The first-order valence-corrected chi connectivity index (χ1v) is 7.73. The molecule has 1 aliphatic heterocycles. The van der Waals surface area contributed by atoms with Gasteiger partial charge in [0, 0.05) is 37.6 Å². The number of carbonyl (C=O) groups is 1. The summed E-state index contributed by atoms with van der Waals surface area (Å²) in [5, 5.41) is 3.73. The summed E-state index contributed by atoms with van der Waals surface area (Å²) in [6, 6.07) is 4.91. The minimum Gasteiger partial charge on any atom is -0.453 e. The molecule has 5 nitrogen and oxygen atoms in total. The van der Waals surface area contributed by atoms with Crippen molar-refractivity contribution in [1.82, 2.24) is 15.2 Å². The van der Waals surface area contributed by atoms with Crippen molar-refractivity contribution in [3.05, 3.63) is 30.1 Å². The van der Waals surface area contributed by atoms with Crippen molar-refractivity contribution in [3.63, 3.8) is 0 Å². The van der Waals surface area contributed by atoms with Crippen molar-refractivity contribution < 1.29 is 9.53 Å². The Morgan fingerprint density at radius 3 is 2.86 bits per heavy atom. The van der Waals surface area contributed by atoms with Gasteiger partial charge in [0.1, 0.15) is 0 Å². The Balaban J connectivity index is 1.89. The summed E-state index contributed by atoms with van der Waals surface area (Å²) in [5.41, 5.74) is 1.25. The Labute approximate surface area is 126 Å². The van der Waals surface area contributed by atoms with Gasteiger partial charge in [0.15, 0.2) is 0 Å². The second-order valence-electron chi connectivity index (χ2n) is 5.53. The molecule has 5 heteroatoms. The monoisotopic (exact) mass is 291 g/mol. The highest BCUT2D eigenvalue weighted by Gasteiger charge is 2.25. The number of likely N-dealkylation sites (tertiary alicyclic amines) is 1. The van der Waals surface area contributed by atoms with Crippen LogP contribution < -0.4 is 5.32 Å². The van der Waals surface area contributed by atoms with E-state index >= 15 is 0 Å². The molecule has 0 aliphatic carbocycles. The summed E-state index contributed by atoms with van der Waals surface area (Å²) < 4.78 is 4.77. The molecule has 1 aromatic heterocycles. The van der Waals surface area contributed by atoms with E-state index in [0.29, 0.717) is 12.1 Å². The molecule has 0 aromatic carbocycles. The molecule has 116 valence electrons. The predicted molar refractivity (Wildman–Crippen MR) is 82.0 cm³/mol. The van der Waals surface area contributed by atoms with Gasteiger partial charge in [0.25, 0.3) is 0 Å². The largest absolute Gasteiger partial charge is 0.453 e. The van der Waals surface area contributed by atoms with Crippen LogP contribution in [0.3, 0.4) is 0 Å². The van der Waals surface area contributed by atoms with Gasteiger partial charge in [-0.15, -0.1) is 0 Å². The molecule has 2 heterocycles. The third-order valence-electron chi connectivity index (χ3n) is 4.03. The van der Waals surface area contributed by atoms with Gasteiger partial charge in [-0.25, -0.2) is 4.79 Å². The lowest BCUT2D eigenvalue weighted by molar-refractivity contribution is 0.108. The lowest BCUT2D eigenvalue weighted by atomic mass is 9.99. The number of piperidine rings is 1. The zero-order valence-electron chi connectivity index (χ0n) is 12.9. The van der Waals surface area contributed by atoms with Gasteiger partial charge in [-0.2, -0.15) is 0 Å². The van der Waals surface area contributed by atoms with Crippen LogP contribution in [0.4, 0.5) is 4.79 Å². The molecule has 0 bridgehead atoms. The minimum absolute atomic E-state index is 0.217. The zero-order chi connectivity index (χ0) is 15.1. The summed E-state index contributed by atoms with van der Waals surface area (Å²) in [7, 11) is 1.44. The van der Waals surface area contributed by atoms with E-state index < -0.39 is 0 Å². The van der Waals surface area contributed by atoms with Gasteiger partial charge < -0.3 is 15.0 Å². The lowest BCUT2D eigenvalue weighted by Gasteiger charge is -2.34. The summed E-state index contributed by atoms with van der Waals surface area (Å²) in [6.07, 6.45) is 7.70. The topological polar surface area (TPSA) is 54.5 Å². The van der Waals surface area contributed by atoms with E-state index in [4.69, 9.17) is 4.74 Å².